The summed E-state index contributed by atoms with van der Waals surface area (Å²) in [5.41, 5.74) is 2.91. The molecule has 2 aromatic heterocycles. The number of anilines is 1. The average molecular weight is 524 g/mol. The molecule has 3 N–H and O–H groups in total. The van der Waals surface area contributed by atoms with Crippen molar-refractivity contribution in [3.63, 3.8) is 0 Å². The van der Waals surface area contributed by atoms with Crippen LogP contribution in [0.5, 0.6) is 5.88 Å². The maximum Gasteiger partial charge on any atom is 0.320 e. The summed E-state index contributed by atoms with van der Waals surface area (Å²) in [6.45, 7) is 5.45. The molecular formula is C26H33N7O5. The Bertz CT molecular complexity index is 1280. The number of para-hydroxylation sites is 1. The molecule has 0 spiro atoms. The van der Waals surface area contributed by atoms with Gasteiger partial charge in [0.15, 0.2) is 0 Å². The van der Waals surface area contributed by atoms with Crippen LogP contribution in [-0.4, -0.2) is 84.9 Å². The SMILES string of the molecule is CNC(=O)c1cc(-c2nn(-c3ccccc3)c(NC(=O)N[C@@H]3CN(CCOC)O[C@H]3C)c2C)cnc1OC. The van der Waals surface area contributed by atoms with E-state index in [0.29, 0.717) is 42.3 Å². The van der Waals surface area contributed by atoms with Crippen LogP contribution >= 0.6 is 0 Å². The quantitative estimate of drug-likeness (QED) is 0.390. The summed E-state index contributed by atoms with van der Waals surface area (Å²) in [6, 6.07) is 10.5. The Kier molecular flexibility index (Phi) is 8.56. The summed E-state index contributed by atoms with van der Waals surface area (Å²) >= 11 is 0. The van der Waals surface area contributed by atoms with Gasteiger partial charge in [-0.3, -0.25) is 14.9 Å². The molecule has 0 aliphatic carbocycles. The summed E-state index contributed by atoms with van der Waals surface area (Å²) in [5, 5.41) is 15.2. The number of carbonyl (C=O) groups excluding carboxylic acids is 2. The van der Waals surface area contributed by atoms with Crippen molar-refractivity contribution < 1.29 is 23.9 Å². The first kappa shape index (κ1) is 27.0. The van der Waals surface area contributed by atoms with E-state index in [2.05, 4.69) is 20.9 Å². The fourth-order valence-electron chi connectivity index (χ4n) is 4.25. The molecule has 3 heterocycles. The monoisotopic (exact) mass is 523 g/mol. The molecule has 0 unspecified atom stereocenters. The maximum absolute atomic E-state index is 13.1. The van der Waals surface area contributed by atoms with Crippen molar-refractivity contribution in [2.75, 3.05) is 46.3 Å². The van der Waals surface area contributed by atoms with Gasteiger partial charge >= 0.3 is 6.03 Å². The second-order valence-electron chi connectivity index (χ2n) is 8.83. The van der Waals surface area contributed by atoms with Crippen LogP contribution in [0, 0.1) is 6.92 Å². The lowest BCUT2D eigenvalue weighted by atomic mass is 10.1. The number of methoxy groups -OCH3 is 2. The van der Waals surface area contributed by atoms with E-state index >= 15 is 0 Å². The number of carbonyl (C=O) groups is 2. The Morgan fingerprint density at radius 3 is 2.66 bits per heavy atom. The topological polar surface area (TPSA) is 132 Å². The van der Waals surface area contributed by atoms with Gasteiger partial charge in [-0.05, 0) is 32.0 Å². The number of rotatable bonds is 9. The lowest BCUT2D eigenvalue weighted by Crippen LogP contribution is -2.44. The first-order valence-electron chi connectivity index (χ1n) is 12.3. The van der Waals surface area contributed by atoms with Gasteiger partial charge in [-0.2, -0.15) is 10.2 Å². The predicted octanol–water partition coefficient (Wildman–Crippen LogP) is 2.38. The number of hydrogen-bond acceptors (Lipinski definition) is 8. The van der Waals surface area contributed by atoms with Crippen molar-refractivity contribution in [2.24, 2.45) is 0 Å². The van der Waals surface area contributed by atoms with E-state index in [1.807, 2.05) is 44.2 Å². The Hall–Kier alpha value is -4.00. The highest BCUT2D eigenvalue weighted by molar-refractivity contribution is 5.97. The Labute approximate surface area is 221 Å². The lowest BCUT2D eigenvalue weighted by molar-refractivity contribution is -0.146. The van der Waals surface area contributed by atoms with Crippen LogP contribution in [0.4, 0.5) is 10.6 Å². The predicted molar refractivity (Wildman–Crippen MR) is 141 cm³/mol. The van der Waals surface area contributed by atoms with Crippen molar-refractivity contribution in [1.29, 1.82) is 0 Å². The summed E-state index contributed by atoms with van der Waals surface area (Å²) in [5.74, 6) is 0.365. The Morgan fingerprint density at radius 1 is 1.21 bits per heavy atom. The maximum atomic E-state index is 13.1. The minimum absolute atomic E-state index is 0.193. The number of benzene rings is 1. The van der Waals surface area contributed by atoms with Crippen LogP contribution < -0.4 is 20.7 Å². The molecule has 12 nitrogen and oxygen atoms in total. The number of nitrogens with zero attached hydrogens (tertiary/aromatic N) is 4. The standard InChI is InChI=1S/C26H33N7O5/c1-16-22(18-13-20(24(34)27-3)25(37-5)28-14-18)31-33(19-9-7-6-8-10-19)23(16)30-26(35)29-21-15-32(11-12-36-4)38-17(21)2/h6-10,13-14,17,21H,11-12,15H2,1-5H3,(H,27,34)(H2,29,30,35)/t17-,21+/m0/s1. The van der Waals surface area contributed by atoms with E-state index in [1.54, 1.807) is 29.1 Å². The third-order valence-corrected chi connectivity index (χ3v) is 6.29. The fourth-order valence-corrected chi connectivity index (χ4v) is 4.25. The molecule has 1 aliphatic heterocycles. The molecule has 2 atom stereocenters. The Morgan fingerprint density at radius 2 is 1.97 bits per heavy atom. The second-order valence-corrected chi connectivity index (χ2v) is 8.83. The first-order valence-corrected chi connectivity index (χ1v) is 12.3. The molecule has 1 aromatic carbocycles. The minimum atomic E-state index is -0.385. The first-order chi connectivity index (χ1) is 18.4. The summed E-state index contributed by atoms with van der Waals surface area (Å²) < 4.78 is 12.0. The van der Waals surface area contributed by atoms with E-state index in [9.17, 15) is 9.59 Å². The third-order valence-electron chi connectivity index (χ3n) is 6.29. The molecule has 1 saturated heterocycles. The number of urea groups is 1. The molecule has 4 rings (SSSR count). The van der Waals surface area contributed by atoms with Gasteiger partial charge in [-0.15, -0.1) is 0 Å². The summed E-state index contributed by atoms with van der Waals surface area (Å²) in [4.78, 5) is 35.7. The zero-order valence-electron chi connectivity index (χ0n) is 22.1. The second kappa shape index (κ2) is 12.0. The highest BCUT2D eigenvalue weighted by Crippen LogP contribution is 2.32. The number of amides is 3. The van der Waals surface area contributed by atoms with E-state index < -0.39 is 0 Å². The lowest BCUT2D eigenvalue weighted by Gasteiger charge is -2.16. The van der Waals surface area contributed by atoms with Crippen LogP contribution in [0.25, 0.3) is 16.9 Å². The minimum Gasteiger partial charge on any atom is -0.480 e. The van der Waals surface area contributed by atoms with Crippen molar-refractivity contribution in [2.45, 2.75) is 26.0 Å². The number of aromatic nitrogens is 3. The van der Waals surface area contributed by atoms with Crippen molar-refractivity contribution in [1.82, 2.24) is 30.5 Å². The average Bonchev–Trinajstić information content (AvgIpc) is 3.45. The van der Waals surface area contributed by atoms with Crippen molar-refractivity contribution in [3.05, 3.63) is 53.7 Å². The van der Waals surface area contributed by atoms with Gasteiger partial charge < -0.3 is 20.1 Å². The summed E-state index contributed by atoms with van der Waals surface area (Å²) in [6.07, 6.45) is 1.40. The van der Waals surface area contributed by atoms with Gasteiger partial charge in [0.25, 0.3) is 5.91 Å². The van der Waals surface area contributed by atoms with Gasteiger partial charge in [0.2, 0.25) is 5.88 Å². The molecule has 0 saturated carbocycles. The van der Waals surface area contributed by atoms with E-state index in [1.165, 1.54) is 14.2 Å². The molecule has 38 heavy (non-hydrogen) atoms. The normalized spacial score (nSPS) is 17.3. The molecule has 12 heteroatoms. The van der Waals surface area contributed by atoms with Gasteiger partial charge in [0, 0.05) is 44.6 Å². The van der Waals surface area contributed by atoms with Gasteiger partial charge in [0.1, 0.15) is 11.4 Å². The molecule has 202 valence electrons. The zero-order chi connectivity index (χ0) is 27.2. The number of hydroxylamine groups is 2. The third kappa shape index (κ3) is 5.77. The van der Waals surface area contributed by atoms with E-state index in [-0.39, 0.29) is 35.5 Å². The van der Waals surface area contributed by atoms with Crippen LogP contribution in [0.1, 0.15) is 22.8 Å². The molecule has 3 amide bonds. The Balaban J connectivity index is 1.65. The fraction of sp³-hybridized carbons (Fsp3) is 0.385. The number of hydrogen-bond donors (Lipinski definition) is 3. The molecule has 1 aliphatic rings. The summed E-state index contributed by atoms with van der Waals surface area (Å²) in [7, 11) is 4.63. The van der Waals surface area contributed by atoms with Crippen LogP contribution in [0.3, 0.4) is 0 Å². The number of nitrogens with one attached hydrogen (secondary N) is 3. The van der Waals surface area contributed by atoms with E-state index in [4.69, 9.17) is 19.4 Å². The zero-order valence-corrected chi connectivity index (χ0v) is 22.1. The molecule has 3 aromatic rings. The number of ether oxygens (including phenoxy) is 2. The van der Waals surface area contributed by atoms with E-state index in [0.717, 1.165) is 5.69 Å². The molecular weight excluding hydrogens is 490 g/mol. The van der Waals surface area contributed by atoms with Gasteiger partial charge in [-0.1, -0.05) is 18.2 Å². The van der Waals surface area contributed by atoms with Crippen molar-refractivity contribution in [3.8, 4) is 22.8 Å². The van der Waals surface area contributed by atoms with Crippen LogP contribution in [0.2, 0.25) is 0 Å². The molecule has 0 radical (unpaired) electrons. The molecule has 1 fully saturated rings. The van der Waals surface area contributed by atoms with Gasteiger partial charge in [0.05, 0.1) is 37.2 Å². The van der Waals surface area contributed by atoms with Crippen LogP contribution in [0.15, 0.2) is 42.6 Å². The largest absolute Gasteiger partial charge is 0.480 e. The smallest absolute Gasteiger partial charge is 0.320 e. The molecule has 0 bridgehead atoms. The van der Waals surface area contributed by atoms with Crippen molar-refractivity contribution >= 4 is 17.8 Å². The highest BCUT2D eigenvalue weighted by Gasteiger charge is 2.32. The number of pyridine rings is 1. The van der Waals surface area contributed by atoms with Gasteiger partial charge in [-0.25, -0.2) is 14.5 Å². The van der Waals surface area contributed by atoms with Crippen LogP contribution in [-0.2, 0) is 9.57 Å². The highest BCUT2D eigenvalue weighted by atomic mass is 16.7.